The molecule has 0 amide bonds. The Morgan fingerprint density at radius 1 is 1.30 bits per heavy atom. The van der Waals surface area contributed by atoms with Crippen LogP contribution >= 0.6 is 0 Å². The average Bonchev–Trinajstić information content (AvgIpc) is 2.45. The van der Waals surface area contributed by atoms with Gasteiger partial charge in [-0.3, -0.25) is 0 Å². The van der Waals surface area contributed by atoms with E-state index in [-0.39, 0.29) is 0 Å². The molecule has 20 heavy (non-hydrogen) atoms. The van der Waals surface area contributed by atoms with E-state index < -0.39 is 5.97 Å². The molecule has 0 radical (unpaired) electrons. The van der Waals surface area contributed by atoms with Gasteiger partial charge in [-0.2, -0.15) is 0 Å². The number of carbonyl (C=O) groups is 1. The van der Waals surface area contributed by atoms with Crippen molar-refractivity contribution < 1.29 is 9.90 Å². The van der Waals surface area contributed by atoms with E-state index in [4.69, 9.17) is 5.11 Å². The Balaban J connectivity index is 2.27. The smallest absolute Gasteiger partial charge is 0.328 e. The maximum atomic E-state index is 10.7. The first-order chi connectivity index (χ1) is 9.58. The van der Waals surface area contributed by atoms with Gasteiger partial charge in [-0.05, 0) is 43.5 Å². The molecule has 108 valence electrons. The summed E-state index contributed by atoms with van der Waals surface area (Å²) in [5.41, 5.74) is 3.26. The molecule has 1 aliphatic carbocycles. The predicted octanol–water partition coefficient (Wildman–Crippen LogP) is 3.86. The van der Waals surface area contributed by atoms with Crippen LogP contribution in [-0.2, 0) is 4.79 Å². The lowest BCUT2D eigenvalue weighted by Crippen LogP contribution is -2.33. The topological polar surface area (TPSA) is 40.5 Å². The van der Waals surface area contributed by atoms with E-state index in [1.807, 2.05) is 13.0 Å². The fourth-order valence-electron chi connectivity index (χ4n) is 2.95. The molecule has 3 nitrogen and oxygen atoms in total. The molecule has 0 atom stereocenters. The summed E-state index contributed by atoms with van der Waals surface area (Å²) in [4.78, 5) is 13.1. The van der Waals surface area contributed by atoms with E-state index in [1.165, 1.54) is 38.2 Å². The number of aryl methyl sites for hydroxylation is 1. The van der Waals surface area contributed by atoms with Crippen LogP contribution in [0.4, 0.5) is 5.69 Å². The zero-order valence-corrected chi connectivity index (χ0v) is 12.3. The highest BCUT2D eigenvalue weighted by Gasteiger charge is 2.19. The van der Waals surface area contributed by atoms with Crippen molar-refractivity contribution in [2.24, 2.45) is 0 Å². The van der Waals surface area contributed by atoms with E-state index in [0.717, 1.165) is 16.8 Å². The largest absolute Gasteiger partial charge is 0.478 e. The second-order valence-electron chi connectivity index (χ2n) is 5.64. The Morgan fingerprint density at radius 2 is 2.00 bits per heavy atom. The van der Waals surface area contributed by atoms with Crippen LogP contribution in [0.5, 0.6) is 0 Å². The summed E-state index contributed by atoms with van der Waals surface area (Å²) >= 11 is 0. The molecule has 1 aromatic rings. The molecule has 0 heterocycles. The minimum atomic E-state index is -0.905. The summed E-state index contributed by atoms with van der Waals surface area (Å²) in [6.45, 7) is 2.03. The van der Waals surface area contributed by atoms with Gasteiger partial charge in [0, 0.05) is 24.9 Å². The van der Waals surface area contributed by atoms with Gasteiger partial charge >= 0.3 is 5.97 Å². The molecule has 3 heteroatoms. The molecular formula is C17H23NO2. The number of carboxylic acids is 1. The highest BCUT2D eigenvalue weighted by Crippen LogP contribution is 2.29. The summed E-state index contributed by atoms with van der Waals surface area (Å²) in [6.07, 6.45) is 9.29. The second-order valence-corrected chi connectivity index (χ2v) is 5.64. The van der Waals surface area contributed by atoms with Crippen LogP contribution in [0, 0.1) is 6.92 Å². The van der Waals surface area contributed by atoms with Crippen molar-refractivity contribution in [1.82, 2.24) is 0 Å². The summed E-state index contributed by atoms with van der Waals surface area (Å²) in [7, 11) is 2.12. The molecule has 1 N–H and O–H groups in total. The first-order valence-electron chi connectivity index (χ1n) is 7.32. The number of benzene rings is 1. The number of carboxylic acid groups (broad SMARTS) is 1. The van der Waals surface area contributed by atoms with E-state index in [0.29, 0.717) is 6.04 Å². The molecule has 1 fully saturated rings. The molecule has 1 aliphatic rings. The van der Waals surface area contributed by atoms with Crippen LogP contribution < -0.4 is 4.90 Å². The number of hydrogen-bond donors (Lipinski definition) is 1. The highest BCUT2D eigenvalue weighted by molar-refractivity contribution is 5.87. The molecule has 0 bridgehead atoms. The first kappa shape index (κ1) is 14.6. The third-order valence-electron chi connectivity index (χ3n) is 4.09. The number of rotatable bonds is 4. The Labute approximate surface area is 120 Å². The van der Waals surface area contributed by atoms with Crippen molar-refractivity contribution in [3.05, 3.63) is 35.4 Å². The van der Waals surface area contributed by atoms with Crippen LogP contribution in [-0.4, -0.2) is 24.2 Å². The van der Waals surface area contributed by atoms with Gasteiger partial charge in [-0.15, -0.1) is 0 Å². The quantitative estimate of drug-likeness (QED) is 0.847. The fraction of sp³-hybridized carbons (Fsp3) is 0.471. The molecule has 0 spiro atoms. The second kappa shape index (κ2) is 6.60. The SMILES string of the molecule is Cc1ccc(N(C)C2CCCCC2)c(/C=C/C(=O)O)c1. The van der Waals surface area contributed by atoms with Gasteiger partial charge in [0.2, 0.25) is 0 Å². The summed E-state index contributed by atoms with van der Waals surface area (Å²) in [6, 6.07) is 6.82. The van der Waals surface area contributed by atoms with Gasteiger partial charge < -0.3 is 10.0 Å². The fourth-order valence-corrected chi connectivity index (χ4v) is 2.95. The summed E-state index contributed by atoms with van der Waals surface area (Å²) in [5, 5.41) is 8.82. The van der Waals surface area contributed by atoms with Gasteiger partial charge in [0.05, 0.1) is 0 Å². The van der Waals surface area contributed by atoms with Gasteiger partial charge in [-0.1, -0.05) is 30.9 Å². The Kier molecular flexibility index (Phi) is 4.83. The predicted molar refractivity (Wildman–Crippen MR) is 83.1 cm³/mol. The molecule has 0 saturated heterocycles. The van der Waals surface area contributed by atoms with Crippen molar-refractivity contribution in [2.45, 2.75) is 45.1 Å². The van der Waals surface area contributed by atoms with Gasteiger partial charge in [0.25, 0.3) is 0 Å². The summed E-state index contributed by atoms with van der Waals surface area (Å²) < 4.78 is 0. The average molecular weight is 273 g/mol. The molecule has 0 unspecified atom stereocenters. The molecule has 0 aromatic heterocycles. The highest BCUT2D eigenvalue weighted by atomic mass is 16.4. The van der Waals surface area contributed by atoms with Crippen molar-refractivity contribution in [2.75, 3.05) is 11.9 Å². The molecule has 1 aromatic carbocycles. The first-order valence-corrected chi connectivity index (χ1v) is 7.32. The molecule has 2 rings (SSSR count). The van der Waals surface area contributed by atoms with Crippen molar-refractivity contribution in [3.8, 4) is 0 Å². The van der Waals surface area contributed by atoms with E-state index >= 15 is 0 Å². The maximum Gasteiger partial charge on any atom is 0.328 e. The van der Waals surface area contributed by atoms with Crippen LogP contribution in [0.25, 0.3) is 6.08 Å². The van der Waals surface area contributed by atoms with E-state index in [9.17, 15) is 4.79 Å². The van der Waals surface area contributed by atoms with E-state index in [2.05, 4.69) is 24.1 Å². The van der Waals surface area contributed by atoms with Crippen LogP contribution in [0.2, 0.25) is 0 Å². The maximum absolute atomic E-state index is 10.7. The summed E-state index contributed by atoms with van der Waals surface area (Å²) in [5.74, 6) is -0.905. The Bertz CT molecular complexity index is 502. The monoisotopic (exact) mass is 273 g/mol. The molecular weight excluding hydrogens is 250 g/mol. The number of hydrogen-bond acceptors (Lipinski definition) is 2. The number of anilines is 1. The molecule has 0 aliphatic heterocycles. The van der Waals surface area contributed by atoms with E-state index in [1.54, 1.807) is 6.08 Å². The number of nitrogens with zero attached hydrogens (tertiary/aromatic N) is 1. The van der Waals surface area contributed by atoms with Gasteiger partial charge in [-0.25, -0.2) is 4.79 Å². The van der Waals surface area contributed by atoms with Gasteiger partial charge in [0.1, 0.15) is 0 Å². The number of aliphatic carboxylic acids is 1. The third-order valence-corrected chi connectivity index (χ3v) is 4.09. The van der Waals surface area contributed by atoms with Gasteiger partial charge in [0.15, 0.2) is 0 Å². The normalized spacial score (nSPS) is 16.5. The zero-order chi connectivity index (χ0) is 14.5. The van der Waals surface area contributed by atoms with Crippen molar-refractivity contribution >= 4 is 17.7 Å². The standard InChI is InChI=1S/C17H23NO2/c1-13-8-10-16(14(12-13)9-11-17(19)20)18(2)15-6-4-3-5-7-15/h8-12,15H,3-7H2,1-2H3,(H,19,20)/b11-9+. The Morgan fingerprint density at radius 3 is 2.65 bits per heavy atom. The lowest BCUT2D eigenvalue weighted by molar-refractivity contribution is -0.131. The van der Waals surface area contributed by atoms with Crippen LogP contribution in [0.15, 0.2) is 24.3 Å². The van der Waals surface area contributed by atoms with Crippen molar-refractivity contribution in [1.29, 1.82) is 0 Å². The van der Waals surface area contributed by atoms with Crippen LogP contribution in [0.1, 0.15) is 43.2 Å². The zero-order valence-electron chi connectivity index (χ0n) is 12.3. The minimum Gasteiger partial charge on any atom is -0.478 e. The Hall–Kier alpha value is -1.77. The molecule has 1 saturated carbocycles. The van der Waals surface area contributed by atoms with Crippen molar-refractivity contribution in [3.63, 3.8) is 0 Å². The lowest BCUT2D eigenvalue weighted by atomic mass is 9.93. The minimum absolute atomic E-state index is 0.573. The third kappa shape index (κ3) is 3.62. The lowest BCUT2D eigenvalue weighted by Gasteiger charge is -2.34. The van der Waals surface area contributed by atoms with Crippen LogP contribution in [0.3, 0.4) is 0 Å².